The van der Waals surface area contributed by atoms with Crippen molar-refractivity contribution < 1.29 is 17.9 Å². The molecular formula is C10H10F3NO. The number of nitrogens with two attached hydrogens (primary N) is 1. The van der Waals surface area contributed by atoms with E-state index < -0.39 is 12.2 Å². The fourth-order valence-electron chi connectivity index (χ4n) is 1.57. The average molecular weight is 217 g/mol. The van der Waals surface area contributed by atoms with Crippen LogP contribution in [0.3, 0.4) is 0 Å². The Balaban J connectivity index is 2.31. The molecule has 2 nitrogen and oxygen atoms in total. The number of alkyl halides is 3. The monoisotopic (exact) mass is 217 g/mol. The molecule has 0 unspecified atom stereocenters. The first-order valence-electron chi connectivity index (χ1n) is 4.56. The summed E-state index contributed by atoms with van der Waals surface area (Å²) >= 11 is 0. The summed E-state index contributed by atoms with van der Waals surface area (Å²) in [6.07, 6.45) is -3.66. The molecule has 82 valence electrons. The van der Waals surface area contributed by atoms with E-state index in [4.69, 9.17) is 10.5 Å². The largest absolute Gasteiger partial charge is 0.493 e. The van der Waals surface area contributed by atoms with Gasteiger partial charge in [0.15, 0.2) is 0 Å². The van der Waals surface area contributed by atoms with Gasteiger partial charge in [-0.2, -0.15) is 13.2 Å². The maximum absolute atomic E-state index is 12.3. The van der Waals surface area contributed by atoms with Crippen molar-refractivity contribution >= 4 is 0 Å². The van der Waals surface area contributed by atoms with Crippen molar-refractivity contribution in [3.63, 3.8) is 0 Å². The Hall–Kier alpha value is -1.23. The van der Waals surface area contributed by atoms with E-state index in [1.807, 2.05) is 0 Å². The smallest absolute Gasteiger partial charge is 0.407 e. The molecule has 5 heteroatoms. The highest BCUT2D eigenvalue weighted by atomic mass is 19.4. The fraction of sp³-hybridized carbons (Fsp3) is 0.400. The summed E-state index contributed by atoms with van der Waals surface area (Å²) in [5.74, 6) is 0.521. The number of hydrogen-bond donors (Lipinski definition) is 1. The highest BCUT2D eigenvalue weighted by molar-refractivity contribution is 5.41. The zero-order valence-corrected chi connectivity index (χ0v) is 7.84. The molecule has 0 fully saturated rings. The van der Waals surface area contributed by atoms with Gasteiger partial charge in [-0.1, -0.05) is 12.1 Å². The first-order valence-corrected chi connectivity index (χ1v) is 4.56. The van der Waals surface area contributed by atoms with Gasteiger partial charge in [-0.25, -0.2) is 0 Å². The van der Waals surface area contributed by atoms with Crippen LogP contribution in [0.25, 0.3) is 0 Å². The van der Waals surface area contributed by atoms with Gasteiger partial charge in [-0.15, -0.1) is 0 Å². The van der Waals surface area contributed by atoms with E-state index in [0.29, 0.717) is 12.4 Å². The average Bonchev–Trinajstić information content (AvgIpc) is 2.61. The third-order valence-corrected chi connectivity index (χ3v) is 2.43. The molecule has 15 heavy (non-hydrogen) atoms. The van der Waals surface area contributed by atoms with Crippen molar-refractivity contribution in [1.82, 2.24) is 0 Å². The van der Waals surface area contributed by atoms with E-state index in [9.17, 15) is 13.2 Å². The molecule has 0 saturated carbocycles. The Morgan fingerprint density at radius 3 is 2.73 bits per heavy atom. The van der Waals surface area contributed by atoms with Crippen LogP contribution in [0.5, 0.6) is 5.75 Å². The van der Waals surface area contributed by atoms with Gasteiger partial charge in [0.25, 0.3) is 0 Å². The van der Waals surface area contributed by atoms with Crippen LogP contribution in [-0.4, -0.2) is 12.8 Å². The van der Waals surface area contributed by atoms with Crippen LogP contribution in [0.2, 0.25) is 0 Å². The molecule has 1 aromatic carbocycles. The maximum atomic E-state index is 12.3. The summed E-state index contributed by atoms with van der Waals surface area (Å²) in [7, 11) is 0. The number of hydrogen-bond acceptors (Lipinski definition) is 2. The summed E-state index contributed by atoms with van der Waals surface area (Å²) < 4.78 is 42.1. The highest BCUT2D eigenvalue weighted by Crippen LogP contribution is 2.34. The molecule has 0 bridgehead atoms. The highest BCUT2D eigenvalue weighted by Gasteiger charge is 2.38. The minimum Gasteiger partial charge on any atom is -0.493 e. The van der Waals surface area contributed by atoms with E-state index in [1.54, 1.807) is 6.07 Å². The van der Waals surface area contributed by atoms with E-state index in [0.717, 1.165) is 12.0 Å². The Kier molecular flexibility index (Phi) is 2.34. The molecule has 1 aliphatic heterocycles. The van der Waals surface area contributed by atoms with E-state index in [2.05, 4.69) is 0 Å². The summed E-state index contributed by atoms with van der Waals surface area (Å²) in [6, 6.07) is 2.49. The molecule has 0 aromatic heterocycles. The van der Waals surface area contributed by atoms with Gasteiger partial charge in [0.05, 0.1) is 6.61 Å². The molecule has 1 aliphatic rings. The number of halogens is 3. The lowest BCUT2D eigenvalue weighted by molar-refractivity contribution is -0.149. The van der Waals surface area contributed by atoms with Crippen LogP contribution in [0.4, 0.5) is 13.2 Å². The van der Waals surface area contributed by atoms with Crippen molar-refractivity contribution in [2.24, 2.45) is 5.73 Å². The molecule has 1 heterocycles. The molecule has 0 saturated heterocycles. The third kappa shape index (κ3) is 1.92. The van der Waals surface area contributed by atoms with Crippen molar-refractivity contribution in [1.29, 1.82) is 0 Å². The molecule has 1 atom stereocenters. The van der Waals surface area contributed by atoms with Crippen molar-refractivity contribution in [2.45, 2.75) is 18.6 Å². The summed E-state index contributed by atoms with van der Waals surface area (Å²) in [5.41, 5.74) is 6.07. The third-order valence-electron chi connectivity index (χ3n) is 2.43. The Morgan fingerprint density at radius 2 is 2.07 bits per heavy atom. The molecule has 0 spiro atoms. The normalized spacial score (nSPS) is 17.1. The van der Waals surface area contributed by atoms with Crippen molar-refractivity contribution in [3.05, 3.63) is 29.3 Å². The van der Waals surface area contributed by atoms with Crippen LogP contribution in [0.1, 0.15) is 17.2 Å². The minimum absolute atomic E-state index is 0.0446. The topological polar surface area (TPSA) is 35.2 Å². The number of ether oxygens (including phenoxy) is 1. The fourth-order valence-corrected chi connectivity index (χ4v) is 1.57. The van der Waals surface area contributed by atoms with Gasteiger partial charge in [-0.05, 0) is 17.2 Å². The van der Waals surface area contributed by atoms with Crippen molar-refractivity contribution in [3.8, 4) is 5.75 Å². The quantitative estimate of drug-likeness (QED) is 0.782. The molecule has 0 amide bonds. The maximum Gasteiger partial charge on any atom is 0.407 e. The minimum atomic E-state index is -4.41. The molecule has 2 N–H and O–H groups in total. The number of fused-ring (bicyclic) bond motifs is 1. The summed E-state index contributed by atoms with van der Waals surface area (Å²) in [4.78, 5) is 0. The zero-order chi connectivity index (χ0) is 11.1. The second kappa shape index (κ2) is 3.41. The molecular weight excluding hydrogens is 207 g/mol. The van der Waals surface area contributed by atoms with E-state index in [-0.39, 0.29) is 5.56 Å². The Bertz CT molecular complexity index is 375. The molecule has 0 aliphatic carbocycles. The van der Waals surface area contributed by atoms with Crippen LogP contribution < -0.4 is 10.5 Å². The second-order valence-electron chi connectivity index (χ2n) is 3.48. The molecule has 0 radical (unpaired) electrons. The first kappa shape index (κ1) is 10.3. The summed E-state index contributed by atoms with van der Waals surface area (Å²) in [6.45, 7) is 0.528. The van der Waals surface area contributed by atoms with E-state index in [1.165, 1.54) is 12.1 Å². The van der Waals surface area contributed by atoms with Gasteiger partial charge in [0, 0.05) is 6.42 Å². The standard InChI is InChI=1S/C10H10F3NO/c11-10(12,13)9(14)7-2-1-6-3-4-15-8(6)5-7/h1-2,5,9H,3-4,14H2/t9-/m1/s1. The zero-order valence-electron chi connectivity index (χ0n) is 7.84. The molecule has 2 rings (SSSR count). The predicted octanol–water partition coefficient (Wildman–Crippen LogP) is 2.18. The van der Waals surface area contributed by atoms with Gasteiger partial charge in [0.2, 0.25) is 0 Å². The SMILES string of the molecule is N[C@H](c1ccc2c(c1)OCC2)C(F)(F)F. The van der Waals surface area contributed by atoms with Gasteiger partial charge < -0.3 is 10.5 Å². The van der Waals surface area contributed by atoms with Gasteiger partial charge in [0.1, 0.15) is 11.8 Å². The lowest BCUT2D eigenvalue weighted by atomic mass is 10.0. The number of rotatable bonds is 1. The second-order valence-corrected chi connectivity index (χ2v) is 3.48. The Morgan fingerprint density at radius 1 is 1.33 bits per heavy atom. The van der Waals surface area contributed by atoms with Crippen LogP contribution >= 0.6 is 0 Å². The lowest BCUT2D eigenvalue weighted by Gasteiger charge is -2.16. The van der Waals surface area contributed by atoms with Gasteiger partial charge >= 0.3 is 6.18 Å². The molecule has 1 aromatic rings. The predicted molar refractivity (Wildman–Crippen MR) is 48.6 cm³/mol. The summed E-state index contributed by atoms with van der Waals surface area (Å²) in [5, 5.41) is 0. The number of benzene rings is 1. The van der Waals surface area contributed by atoms with E-state index >= 15 is 0 Å². The van der Waals surface area contributed by atoms with Crippen LogP contribution in [-0.2, 0) is 6.42 Å². The lowest BCUT2D eigenvalue weighted by Crippen LogP contribution is -2.28. The van der Waals surface area contributed by atoms with Crippen LogP contribution in [0.15, 0.2) is 18.2 Å². The Labute approximate surface area is 84.8 Å². The van der Waals surface area contributed by atoms with Crippen LogP contribution in [0, 0.1) is 0 Å². The van der Waals surface area contributed by atoms with Gasteiger partial charge in [-0.3, -0.25) is 0 Å². The first-order chi connectivity index (χ1) is 6.98. The van der Waals surface area contributed by atoms with Crippen molar-refractivity contribution in [2.75, 3.05) is 6.61 Å².